The molecular weight excluding hydrogens is 184 g/mol. The molecule has 0 saturated carbocycles. The maximum atomic E-state index is 11.3. The topological polar surface area (TPSA) is 80.0 Å². The lowest BCUT2D eigenvalue weighted by atomic mass is 10.0. The number of nitrogens with zero attached hydrogens (tertiary/aromatic N) is 2. The predicted octanol–water partition coefficient (Wildman–Crippen LogP) is -0.494. The van der Waals surface area contributed by atoms with Gasteiger partial charge < -0.3 is 15.2 Å². The molecule has 1 aromatic rings. The SMILES string of the molecule is CCNC(=O)c1noc(C2CNC2)n1. The van der Waals surface area contributed by atoms with Gasteiger partial charge in [-0.3, -0.25) is 4.79 Å². The normalized spacial score (nSPS) is 16.4. The highest BCUT2D eigenvalue weighted by atomic mass is 16.5. The van der Waals surface area contributed by atoms with Gasteiger partial charge in [0.1, 0.15) is 0 Å². The van der Waals surface area contributed by atoms with Gasteiger partial charge >= 0.3 is 0 Å². The summed E-state index contributed by atoms with van der Waals surface area (Å²) in [6.45, 7) is 4.09. The van der Waals surface area contributed by atoms with Crippen molar-refractivity contribution in [3.8, 4) is 0 Å². The monoisotopic (exact) mass is 196 g/mol. The third kappa shape index (κ3) is 1.60. The maximum absolute atomic E-state index is 11.3. The van der Waals surface area contributed by atoms with Gasteiger partial charge in [-0.2, -0.15) is 4.98 Å². The molecule has 76 valence electrons. The molecule has 1 aliphatic heterocycles. The second-order valence-corrected chi connectivity index (χ2v) is 3.17. The average molecular weight is 196 g/mol. The zero-order valence-electron chi connectivity index (χ0n) is 7.91. The van der Waals surface area contributed by atoms with E-state index >= 15 is 0 Å². The molecule has 0 bridgehead atoms. The fraction of sp³-hybridized carbons (Fsp3) is 0.625. The van der Waals surface area contributed by atoms with Crippen LogP contribution < -0.4 is 10.6 Å². The number of hydrogen-bond acceptors (Lipinski definition) is 5. The summed E-state index contributed by atoms with van der Waals surface area (Å²) < 4.78 is 4.97. The molecule has 2 N–H and O–H groups in total. The molecular formula is C8H12N4O2. The molecule has 0 unspecified atom stereocenters. The molecule has 1 saturated heterocycles. The first-order valence-electron chi connectivity index (χ1n) is 4.63. The first kappa shape index (κ1) is 9.14. The van der Waals surface area contributed by atoms with Gasteiger partial charge in [-0.05, 0) is 6.92 Å². The van der Waals surface area contributed by atoms with Crippen molar-refractivity contribution in [3.05, 3.63) is 11.7 Å². The van der Waals surface area contributed by atoms with Crippen LogP contribution in [0.3, 0.4) is 0 Å². The zero-order valence-corrected chi connectivity index (χ0v) is 7.91. The van der Waals surface area contributed by atoms with Gasteiger partial charge in [0, 0.05) is 19.6 Å². The molecule has 0 aromatic carbocycles. The molecule has 1 aliphatic rings. The minimum absolute atomic E-state index is 0.119. The third-order valence-electron chi connectivity index (χ3n) is 2.11. The molecule has 6 heteroatoms. The Bertz CT molecular complexity index is 332. The van der Waals surface area contributed by atoms with E-state index in [9.17, 15) is 4.79 Å². The summed E-state index contributed by atoms with van der Waals surface area (Å²) in [5.41, 5.74) is 0. The molecule has 0 aliphatic carbocycles. The Morgan fingerprint density at radius 1 is 1.71 bits per heavy atom. The van der Waals surface area contributed by atoms with Crippen molar-refractivity contribution in [2.75, 3.05) is 19.6 Å². The first-order chi connectivity index (χ1) is 6.81. The average Bonchev–Trinajstić information content (AvgIpc) is 2.50. The van der Waals surface area contributed by atoms with Crippen LogP contribution in [0, 0.1) is 0 Å². The number of carbonyl (C=O) groups is 1. The van der Waals surface area contributed by atoms with Crippen LogP contribution in [0.2, 0.25) is 0 Å². The largest absolute Gasteiger partial charge is 0.349 e. The van der Waals surface area contributed by atoms with Crippen LogP contribution in [-0.4, -0.2) is 35.7 Å². The van der Waals surface area contributed by atoms with E-state index in [1.54, 1.807) is 0 Å². The minimum atomic E-state index is -0.283. The summed E-state index contributed by atoms with van der Waals surface area (Å²) in [5, 5.41) is 9.32. The highest BCUT2D eigenvalue weighted by Gasteiger charge is 2.26. The van der Waals surface area contributed by atoms with Crippen LogP contribution in [0.15, 0.2) is 4.52 Å². The molecule has 1 aromatic heterocycles. The van der Waals surface area contributed by atoms with E-state index in [-0.39, 0.29) is 17.6 Å². The number of hydrogen-bond donors (Lipinski definition) is 2. The van der Waals surface area contributed by atoms with E-state index in [0.717, 1.165) is 13.1 Å². The molecule has 6 nitrogen and oxygen atoms in total. The predicted molar refractivity (Wildman–Crippen MR) is 47.9 cm³/mol. The van der Waals surface area contributed by atoms with Crippen LogP contribution in [0.5, 0.6) is 0 Å². The van der Waals surface area contributed by atoms with Gasteiger partial charge in [-0.25, -0.2) is 0 Å². The Morgan fingerprint density at radius 2 is 2.50 bits per heavy atom. The molecule has 0 spiro atoms. The lowest BCUT2D eigenvalue weighted by Crippen LogP contribution is -2.40. The van der Waals surface area contributed by atoms with Crippen LogP contribution in [-0.2, 0) is 0 Å². The summed E-state index contributed by atoms with van der Waals surface area (Å²) in [6, 6.07) is 0. The van der Waals surface area contributed by atoms with E-state index < -0.39 is 0 Å². The van der Waals surface area contributed by atoms with Crippen LogP contribution in [0.1, 0.15) is 29.4 Å². The molecule has 2 heterocycles. The Morgan fingerprint density at radius 3 is 3.07 bits per heavy atom. The highest BCUT2D eigenvalue weighted by molar-refractivity contribution is 5.90. The highest BCUT2D eigenvalue weighted by Crippen LogP contribution is 2.16. The summed E-state index contributed by atoms with van der Waals surface area (Å²) in [7, 11) is 0. The Kier molecular flexibility index (Phi) is 2.45. The summed E-state index contributed by atoms with van der Waals surface area (Å²) in [6.07, 6.45) is 0. The number of carbonyl (C=O) groups excluding carboxylic acids is 1. The van der Waals surface area contributed by atoms with Gasteiger partial charge in [-0.15, -0.1) is 0 Å². The Balaban J connectivity index is 2.05. The maximum Gasteiger partial charge on any atom is 0.292 e. The quantitative estimate of drug-likeness (QED) is 0.681. The number of rotatable bonds is 3. The van der Waals surface area contributed by atoms with Crippen molar-refractivity contribution >= 4 is 5.91 Å². The Hall–Kier alpha value is -1.43. The lowest BCUT2D eigenvalue weighted by Gasteiger charge is -2.22. The van der Waals surface area contributed by atoms with E-state index in [4.69, 9.17) is 4.52 Å². The smallest absolute Gasteiger partial charge is 0.292 e. The van der Waals surface area contributed by atoms with Crippen molar-refractivity contribution < 1.29 is 9.32 Å². The second-order valence-electron chi connectivity index (χ2n) is 3.17. The summed E-state index contributed by atoms with van der Waals surface area (Å²) in [4.78, 5) is 15.3. The second kappa shape index (κ2) is 3.75. The number of nitrogens with one attached hydrogen (secondary N) is 2. The van der Waals surface area contributed by atoms with Crippen molar-refractivity contribution in [1.82, 2.24) is 20.8 Å². The van der Waals surface area contributed by atoms with Gasteiger partial charge in [0.15, 0.2) is 0 Å². The molecule has 14 heavy (non-hydrogen) atoms. The van der Waals surface area contributed by atoms with Gasteiger partial charge in [-0.1, -0.05) is 5.16 Å². The van der Waals surface area contributed by atoms with E-state index in [0.29, 0.717) is 12.4 Å². The van der Waals surface area contributed by atoms with E-state index in [1.807, 2.05) is 6.92 Å². The van der Waals surface area contributed by atoms with Crippen LogP contribution in [0.25, 0.3) is 0 Å². The molecule has 2 rings (SSSR count). The van der Waals surface area contributed by atoms with Crippen molar-refractivity contribution in [2.24, 2.45) is 0 Å². The molecule has 0 radical (unpaired) electrons. The lowest BCUT2D eigenvalue weighted by molar-refractivity contribution is 0.0942. The number of amides is 1. The fourth-order valence-corrected chi connectivity index (χ4v) is 1.20. The van der Waals surface area contributed by atoms with Crippen molar-refractivity contribution in [2.45, 2.75) is 12.8 Å². The van der Waals surface area contributed by atoms with Crippen LogP contribution in [0.4, 0.5) is 0 Å². The van der Waals surface area contributed by atoms with E-state index in [1.165, 1.54) is 0 Å². The molecule has 1 fully saturated rings. The molecule has 1 amide bonds. The summed E-state index contributed by atoms with van der Waals surface area (Å²) in [5.74, 6) is 0.652. The Labute approximate surface area is 81.1 Å². The molecule has 0 atom stereocenters. The zero-order chi connectivity index (χ0) is 9.97. The third-order valence-corrected chi connectivity index (χ3v) is 2.11. The van der Waals surface area contributed by atoms with Crippen molar-refractivity contribution in [3.63, 3.8) is 0 Å². The fourth-order valence-electron chi connectivity index (χ4n) is 1.20. The number of aromatic nitrogens is 2. The van der Waals surface area contributed by atoms with Gasteiger partial charge in [0.2, 0.25) is 5.89 Å². The van der Waals surface area contributed by atoms with E-state index in [2.05, 4.69) is 20.8 Å². The standard InChI is InChI=1S/C8H12N4O2/c1-2-10-7(13)6-11-8(14-12-6)5-3-9-4-5/h5,9H,2-4H2,1H3,(H,10,13). The van der Waals surface area contributed by atoms with Gasteiger partial charge in [0.05, 0.1) is 5.92 Å². The summed E-state index contributed by atoms with van der Waals surface area (Å²) >= 11 is 0. The minimum Gasteiger partial charge on any atom is -0.349 e. The van der Waals surface area contributed by atoms with Crippen LogP contribution >= 0.6 is 0 Å². The first-order valence-corrected chi connectivity index (χ1v) is 4.63. The van der Waals surface area contributed by atoms with Gasteiger partial charge in [0.25, 0.3) is 11.7 Å². The van der Waals surface area contributed by atoms with Crippen molar-refractivity contribution in [1.29, 1.82) is 0 Å².